The number of carbonyl (C=O) groups excluding carboxylic acids is 1. The molecule has 0 bridgehead atoms. The Balaban J connectivity index is 1.78. The number of benzene rings is 1. The van der Waals surface area contributed by atoms with Gasteiger partial charge in [-0.1, -0.05) is 12.1 Å². The van der Waals surface area contributed by atoms with Crippen LogP contribution >= 0.6 is 11.3 Å². The molecule has 0 spiro atoms. The van der Waals surface area contributed by atoms with E-state index in [0.29, 0.717) is 18.5 Å². The van der Waals surface area contributed by atoms with Gasteiger partial charge in [0.25, 0.3) is 5.91 Å². The van der Waals surface area contributed by atoms with Gasteiger partial charge in [-0.25, -0.2) is 13.4 Å². The van der Waals surface area contributed by atoms with Crippen molar-refractivity contribution in [3.05, 3.63) is 41.4 Å². The van der Waals surface area contributed by atoms with Crippen molar-refractivity contribution in [3.63, 3.8) is 0 Å². The highest BCUT2D eigenvalue weighted by atomic mass is 32.2. The summed E-state index contributed by atoms with van der Waals surface area (Å²) in [6.45, 7) is 2.39. The van der Waals surface area contributed by atoms with Crippen molar-refractivity contribution in [1.29, 1.82) is 0 Å². The van der Waals surface area contributed by atoms with Crippen LogP contribution in [0.3, 0.4) is 0 Å². The lowest BCUT2D eigenvalue weighted by molar-refractivity contribution is 0.0708. The molecule has 1 aliphatic heterocycles. The van der Waals surface area contributed by atoms with E-state index in [1.165, 1.54) is 0 Å². The van der Waals surface area contributed by atoms with Crippen LogP contribution in [0.1, 0.15) is 23.7 Å². The first kappa shape index (κ1) is 16.1. The number of carbonyl (C=O) groups is 1. The molecule has 1 aromatic heterocycles. The normalized spacial score (nSPS) is 19.6. The van der Waals surface area contributed by atoms with Crippen LogP contribution in [0, 0.1) is 0 Å². The number of thiazole rings is 1. The Morgan fingerprint density at radius 3 is 2.61 bits per heavy atom. The number of sulfone groups is 1. The zero-order chi connectivity index (χ0) is 16.4. The van der Waals surface area contributed by atoms with E-state index in [1.54, 1.807) is 34.6 Å². The Labute approximate surface area is 139 Å². The largest absolute Gasteiger partial charge is 0.335 e. The van der Waals surface area contributed by atoms with E-state index in [4.69, 9.17) is 0 Å². The molecule has 0 saturated carbocycles. The summed E-state index contributed by atoms with van der Waals surface area (Å²) in [5, 5.41) is 2.83. The Kier molecular flexibility index (Phi) is 4.50. The Morgan fingerprint density at radius 2 is 2.09 bits per heavy atom. The SMILES string of the molecule is CCN(C(=O)c1ccc(-c2nccs2)cc1)[C@@H]1CCS(=O)(=O)C1. The molecule has 1 fully saturated rings. The Morgan fingerprint density at radius 1 is 1.35 bits per heavy atom. The highest BCUT2D eigenvalue weighted by Gasteiger charge is 2.34. The molecule has 1 atom stereocenters. The summed E-state index contributed by atoms with van der Waals surface area (Å²) in [6.07, 6.45) is 2.28. The van der Waals surface area contributed by atoms with E-state index in [-0.39, 0.29) is 23.5 Å². The fourth-order valence-electron chi connectivity index (χ4n) is 2.88. The fraction of sp³-hybridized carbons (Fsp3) is 0.375. The number of aromatic nitrogens is 1. The van der Waals surface area contributed by atoms with Gasteiger partial charge in [-0.2, -0.15) is 0 Å². The maximum atomic E-state index is 12.7. The maximum Gasteiger partial charge on any atom is 0.254 e. The van der Waals surface area contributed by atoms with Crippen molar-refractivity contribution in [2.24, 2.45) is 0 Å². The van der Waals surface area contributed by atoms with Crippen LogP contribution in [0.4, 0.5) is 0 Å². The first-order valence-electron chi connectivity index (χ1n) is 7.51. The monoisotopic (exact) mass is 350 g/mol. The zero-order valence-electron chi connectivity index (χ0n) is 12.8. The molecular weight excluding hydrogens is 332 g/mol. The second kappa shape index (κ2) is 6.41. The van der Waals surface area contributed by atoms with Crippen molar-refractivity contribution >= 4 is 27.1 Å². The quantitative estimate of drug-likeness (QED) is 0.849. The molecule has 122 valence electrons. The highest BCUT2D eigenvalue weighted by molar-refractivity contribution is 7.91. The van der Waals surface area contributed by atoms with Crippen LogP contribution < -0.4 is 0 Å². The van der Waals surface area contributed by atoms with Gasteiger partial charge < -0.3 is 4.90 Å². The van der Waals surface area contributed by atoms with Gasteiger partial charge in [0.15, 0.2) is 9.84 Å². The van der Waals surface area contributed by atoms with E-state index >= 15 is 0 Å². The van der Waals surface area contributed by atoms with E-state index in [2.05, 4.69) is 4.98 Å². The van der Waals surface area contributed by atoms with Crippen molar-refractivity contribution in [2.45, 2.75) is 19.4 Å². The van der Waals surface area contributed by atoms with E-state index < -0.39 is 9.84 Å². The van der Waals surface area contributed by atoms with Crippen LogP contribution in [0.5, 0.6) is 0 Å². The molecule has 0 unspecified atom stereocenters. The minimum absolute atomic E-state index is 0.0732. The molecule has 5 nitrogen and oxygen atoms in total. The number of hydrogen-bond donors (Lipinski definition) is 0. The molecule has 0 aliphatic carbocycles. The van der Waals surface area contributed by atoms with Crippen LogP contribution in [0.2, 0.25) is 0 Å². The molecule has 7 heteroatoms. The third-order valence-electron chi connectivity index (χ3n) is 4.06. The smallest absolute Gasteiger partial charge is 0.254 e. The van der Waals surface area contributed by atoms with Gasteiger partial charge in [0.1, 0.15) is 5.01 Å². The minimum Gasteiger partial charge on any atom is -0.335 e. The first-order chi connectivity index (χ1) is 11.0. The average molecular weight is 350 g/mol. The first-order valence-corrected chi connectivity index (χ1v) is 10.2. The van der Waals surface area contributed by atoms with E-state index in [9.17, 15) is 13.2 Å². The average Bonchev–Trinajstić information content (AvgIpc) is 3.18. The third-order valence-corrected chi connectivity index (χ3v) is 6.63. The Bertz CT molecular complexity index is 783. The van der Waals surface area contributed by atoms with Gasteiger partial charge in [0.05, 0.1) is 11.5 Å². The second-order valence-electron chi connectivity index (χ2n) is 5.56. The standard InChI is InChI=1S/C16H18N2O3S2/c1-2-18(14-7-10-23(20,21)11-14)16(19)13-5-3-12(4-6-13)15-17-8-9-22-15/h3-6,8-9,14H,2,7,10-11H2,1H3/t14-/m1/s1. The predicted octanol–water partition coefficient (Wildman–Crippen LogP) is 2.46. The summed E-state index contributed by atoms with van der Waals surface area (Å²) in [7, 11) is -3.00. The lowest BCUT2D eigenvalue weighted by Crippen LogP contribution is -2.40. The van der Waals surface area contributed by atoms with E-state index in [0.717, 1.165) is 10.6 Å². The number of nitrogens with zero attached hydrogens (tertiary/aromatic N) is 2. The number of amides is 1. The molecule has 23 heavy (non-hydrogen) atoms. The Hall–Kier alpha value is -1.73. The van der Waals surface area contributed by atoms with Gasteiger partial charge in [-0.3, -0.25) is 4.79 Å². The van der Waals surface area contributed by atoms with Crippen molar-refractivity contribution < 1.29 is 13.2 Å². The number of rotatable bonds is 4. The second-order valence-corrected chi connectivity index (χ2v) is 8.69. The fourth-order valence-corrected chi connectivity index (χ4v) is 5.25. The van der Waals surface area contributed by atoms with Crippen molar-refractivity contribution in [2.75, 3.05) is 18.1 Å². The molecule has 1 aromatic carbocycles. The summed E-state index contributed by atoms with van der Waals surface area (Å²) < 4.78 is 23.3. The molecular formula is C16H18N2O3S2. The van der Waals surface area contributed by atoms with Gasteiger partial charge in [-0.05, 0) is 25.5 Å². The molecule has 0 radical (unpaired) electrons. The van der Waals surface area contributed by atoms with Gasteiger partial charge >= 0.3 is 0 Å². The van der Waals surface area contributed by atoms with Crippen LogP contribution in [-0.4, -0.2) is 48.3 Å². The summed E-state index contributed by atoms with van der Waals surface area (Å²) >= 11 is 1.55. The molecule has 2 aromatic rings. The molecule has 1 aliphatic rings. The molecule has 1 amide bonds. The predicted molar refractivity (Wildman–Crippen MR) is 91.3 cm³/mol. The van der Waals surface area contributed by atoms with Gasteiger partial charge in [0.2, 0.25) is 0 Å². The molecule has 0 N–H and O–H groups in total. The summed E-state index contributed by atoms with van der Waals surface area (Å²) in [4.78, 5) is 18.6. The van der Waals surface area contributed by atoms with Gasteiger partial charge in [0, 0.05) is 35.3 Å². The summed E-state index contributed by atoms with van der Waals surface area (Å²) in [5.74, 6) is 0.133. The van der Waals surface area contributed by atoms with Crippen molar-refractivity contribution in [1.82, 2.24) is 9.88 Å². The molecule has 1 saturated heterocycles. The maximum absolute atomic E-state index is 12.7. The summed E-state index contributed by atoms with van der Waals surface area (Å²) in [5.41, 5.74) is 1.56. The highest BCUT2D eigenvalue weighted by Crippen LogP contribution is 2.24. The molecule has 3 rings (SSSR count). The minimum atomic E-state index is -3.00. The number of hydrogen-bond acceptors (Lipinski definition) is 5. The lowest BCUT2D eigenvalue weighted by atomic mass is 10.1. The van der Waals surface area contributed by atoms with Gasteiger partial charge in [-0.15, -0.1) is 11.3 Å². The zero-order valence-corrected chi connectivity index (χ0v) is 14.4. The van der Waals surface area contributed by atoms with Crippen LogP contribution in [0.15, 0.2) is 35.8 Å². The van der Waals surface area contributed by atoms with Crippen LogP contribution in [0.25, 0.3) is 10.6 Å². The van der Waals surface area contributed by atoms with E-state index in [1.807, 2.05) is 24.4 Å². The topological polar surface area (TPSA) is 67.3 Å². The summed E-state index contributed by atoms with van der Waals surface area (Å²) in [6, 6.07) is 7.11. The third kappa shape index (κ3) is 3.45. The van der Waals surface area contributed by atoms with Crippen LogP contribution in [-0.2, 0) is 9.84 Å². The molecule has 2 heterocycles. The van der Waals surface area contributed by atoms with Crippen molar-refractivity contribution in [3.8, 4) is 10.6 Å². The lowest BCUT2D eigenvalue weighted by Gasteiger charge is -2.27.